The summed E-state index contributed by atoms with van der Waals surface area (Å²) >= 11 is 1.56. The van der Waals surface area contributed by atoms with E-state index < -0.39 is 17.9 Å². The second-order valence-corrected chi connectivity index (χ2v) is 8.55. The number of nitrogens with zero attached hydrogens (tertiary/aromatic N) is 3. The Hall–Kier alpha value is -3.00. The summed E-state index contributed by atoms with van der Waals surface area (Å²) < 4.78 is 0. The normalized spacial score (nSPS) is 17.7. The molecular weight excluding hydrogens is 402 g/mol. The van der Waals surface area contributed by atoms with Gasteiger partial charge in [0.05, 0.1) is 17.5 Å². The molecule has 1 aromatic carbocycles. The first-order valence-corrected chi connectivity index (χ1v) is 10.9. The Labute approximate surface area is 178 Å². The predicted octanol–water partition coefficient (Wildman–Crippen LogP) is 2.04. The molecule has 1 aromatic heterocycles. The third-order valence-corrected chi connectivity index (χ3v) is 6.51. The van der Waals surface area contributed by atoms with E-state index in [0.717, 1.165) is 9.78 Å². The monoisotopic (exact) mass is 425 g/mol. The highest BCUT2D eigenvalue weighted by Crippen LogP contribution is 2.25. The SMILES string of the molecule is CC(C(=O)N1CCCN(C(=O)Cc2cccs2)CC1)N1C(=O)c2ccccc2C1=O. The molecule has 2 aromatic rings. The summed E-state index contributed by atoms with van der Waals surface area (Å²) in [5, 5.41) is 1.95. The van der Waals surface area contributed by atoms with Crippen molar-refractivity contribution in [2.24, 2.45) is 0 Å². The Morgan fingerprint density at radius 1 is 0.933 bits per heavy atom. The lowest BCUT2D eigenvalue weighted by Crippen LogP contribution is -2.50. The zero-order valence-electron chi connectivity index (χ0n) is 16.7. The lowest BCUT2D eigenvalue weighted by Gasteiger charge is -2.28. The standard InChI is InChI=1S/C22H23N3O4S/c1-15(25-21(28)17-7-2-3-8-18(17)22(25)29)20(27)24-10-5-9-23(11-12-24)19(26)14-16-6-4-13-30-16/h2-4,6-8,13,15H,5,9-12,14H2,1H3. The van der Waals surface area contributed by atoms with Crippen LogP contribution in [0.4, 0.5) is 0 Å². The Balaban J connectivity index is 1.40. The van der Waals surface area contributed by atoms with Crippen molar-refractivity contribution in [3.8, 4) is 0 Å². The van der Waals surface area contributed by atoms with Gasteiger partial charge in [-0.1, -0.05) is 18.2 Å². The second-order valence-electron chi connectivity index (χ2n) is 7.52. The van der Waals surface area contributed by atoms with Gasteiger partial charge < -0.3 is 9.80 Å². The van der Waals surface area contributed by atoms with E-state index in [9.17, 15) is 19.2 Å². The third kappa shape index (κ3) is 3.75. The van der Waals surface area contributed by atoms with Crippen LogP contribution in [0.15, 0.2) is 41.8 Å². The minimum Gasteiger partial charge on any atom is -0.341 e. The lowest BCUT2D eigenvalue weighted by atomic mass is 10.1. The number of rotatable bonds is 4. The zero-order valence-corrected chi connectivity index (χ0v) is 17.6. The summed E-state index contributed by atoms with van der Waals surface area (Å²) in [5.74, 6) is -1.07. The van der Waals surface area contributed by atoms with Crippen molar-refractivity contribution in [2.75, 3.05) is 26.2 Å². The van der Waals surface area contributed by atoms with E-state index >= 15 is 0 Å². The number of hydrogen-bond acceptors (Lipinski definition) is 5. The summed E-state index contributed by atoms with van der Waals surface area (Å²) in [5.41, 5.74) is 0.673. The van der Waals surface area contributed by atoms with Crippen molar-refractivity contribution >= 4 is 35.0 Å². The lowest BCUT2D eigenvalue weighted by molar-refractivity contribution is -0.135. The predicted molar refractivity (Wildman–Crippen MR) is 112 cm³/mol. The average Bonchev–Trinajstić information content (AvgIpc) is 3.24. The summed E-state index contributed by atoms with van der Waals surface area (Å²) in [6.45, 7) is 3.52. The maximum Gasteiger partial charge on any atom is 0.262 e. The molecular formula is C22H23N3O4S. The van der Waals surface area contributed by atoms with Gasteiger partial charge in [-0.3, -0.25) is 24.1 Å². The van der Waals surface area contributed by atoms with Crippen LogP contribution in [0, 0.1) is 0 Å². The molecule has 1 atom stereocenters. The van der Waals surface area contributed by atoms with E-state index in [4.69, 9.17) is 0 Å². The van der Waals surface area contributed by atoms with Gasteiger partial charge in [0, 0.05) is 31.1 Å². The molecule has 30 heavy (non-hydrogen) atoms. The van der Waals surface area contributed by atoms with E-state index in [2.05, 4.69) is 0 Å². The molecule has 1 unspecified atom stereocenters. The second kappa shape index (κ2) is 8.39. The molecule has 1 saturated heterocycles. The van der Waals surface area contributed by atoms with Crippen LogP contribution in [0.25, 0.3) is 0 Å². The summed E-state index contributed by atoms with van der Waals surface area (Å²) in [6, 6.07) is 9.61. The smallest absolute Gasteiger partial charge is 0.262 e. The van der Waals surface area contributed by atoms with Gasteiger partial charge in [0.2, 0.25) is 11.8 Å². The van der Waals surface area contributed by atoms with Gasteiger partial charge in [-0.25, -0.2) is 0 Å². The Kier molecular flexibility index (Phi) is 5.67. The van der Waals surface area contributed by atoms with Crippen molar-refractivity contribution in [1.82, 2.24) is 14.7 Å². The molecule has 1 fully saturated rings. The first-order valence-electron chi connectivity index (χ1n) is 10.0. The molecule has 2 aliphatic heterocycles. The molecule has 7 nitrogen and oxygen atoms in total. The van der Waals surface area contributed by atoms with Crippen LogP contribution in [-0.2, 0) is 16.0 Å². The molecule has 0 N–H and O–H groups in total. The van der Waals surface area contributed by atoms with E-state index in [0.29, 0.717) is 50.1 Å². The first-order chi connectivity index (χ1) is 14.5. The van der Waals surface area contributed by atoms with Gasteiger partial charge in [0.15, 0.2) is 0 Å². The first kappa shape index (κ1) is 20.3. The van der Waals surface area contributed by atoms with Crippen molar-refractivity contribution in [3.63, 3.8) is 0 Å². The topological polar surface area (TPSA) is 78.0 Å². The van der Waals surface area contributed by atoms with Crippen LogP contribution >= 0.6 is 11.3 Å². The highest BCUT2D eigenvalue weighted by atomic mass is 32.1. The highest BCUT2D eigenvalue weighted by Gasteiger charge is 2.41. The van der Waals surface area contributed by atoms with E-state index in [-0.39, 0.29) is 11.8 Å². The van der Waals surface area contributed by atoms with Gasteiger partial charge in [0.25, 0.3) is 11.8 Å². The Morgan fingerprint density at radius 3 is 2.20 bits per heavy atom. The number of carbonyl (C=O) groups excluding carboxylic acids is 4. The summed E-state index contributed by atoms with van der Waals surface area (Å²) in [7, 11) is 0. The fourth-order valence-corrected chi connectivity index (χ4v) is 4.69. The number of amides is 4. The molecule has 8 heteroatoms. The Bertz CT molecular complexity index is 953. The third-order valence-electron chi connectivity index (χ3n) is 5.64. The Morgan fingerprint density at radius 2 is 1.57 bits per heavy atom. The minimum atomic E-state index is -0.884. The van der Waals surface area contributed by atoms with Crippen molar-refractivity contribution < 1.29 is 19.2 Å². The van der Waals surface area contributed by atoms with Crippen LogP contribution in [-0.4, -0.2) is 70.5 Å². The molecule has 0 aliphatic carbocycles. The van der Waals surface area contributed by atoms with Crippen LogP contribution in [0.3, 0.4) is 0 Å². The molecule has 156 valence electrons. The van der Waals surface area contributed by atoms with E-state index in [1.165, 1.54) is 0 Å². The summed E-state index contributed by atoms with van der Waals surface area (Å²) in [6.07, 6.45) is 1.04. The number of carbonyl (C=O) groups is 4. The molecule has 2 aliphatic rings. The molecule has 4 amide bonds. The maximum absolute atomic E-state index is 13.1. The average molecular weight is 426 g/mol. The minimum absolute atomic E-state index is 0.0557. The highest BCUT2D eigenvalue weighted by molar-refractivity contribution is 7.10. The quantitative estimate of drug-likeness (QED) is 0.703. The number of benzene rings is 1. The molecule has 0 bridgehead atoms. The van der Waals surface area contributed by atoms with Crippen molar-refractivity contribution in [2.45, 2.75) is 25.8 Å². The van der Waals surface area contributed by atoms with Gasteiger partial charge in [-0.15, -0.1) is 11.3 Å². The van der Waals surface area contributed by atoms with Crippen molar-refractivity contribution in [1.29, 1.82) is 0 Å². The zero-order chi connectivity index (χ0) is 21.3. The van der Waals surface area contributed by atoms with E-state index in [1.54, 1.807) is 52.3 Å². The molecule has 4 rings (SSSR count). The number of imide groups is 1. The molecule has 0 spiro atoms. The van der Waals surface area contributed by atoms with Crippen LogP contribution in [0.2, 0.25) is 0 Å². The van der Waals surface area contributed by atoms with Gasteiger partial charge in [-0.05, 0) is 36.9 Å². The molecule has 3 heterocycles. The number of thiophene rings is 1. The molecule has 0 radical (unpaired) electrons. The van der Waals surface area contributed by atoms with Crippen molar-refractivity contribution in [3.05, 3.63) is 57.8 Å². The van der Waals surface area contributed by atoms with Crippen LogP contribution < -0.4 is 0 Å². The fraction of sp³-hybridized carbons (Fsp3) is 0.364. The maximum atomic E-state index is 13.1. The molecule has 0 saturated carbocycles. The van der Waals surface area contributed by atoms with E-state index in [1.807, 2.05) is 17.5 Å². The van der Waals surface area contributed by atoms with Gasteiger partial charge in [0.1, 0.15) is 6.04 Å². The summed E-state index contributed by atoms with van der Waals surface area (Å²) in [4.78, 5) is 56.6. The fourth-order valence-electron chi connectivity index (χ4n) is 4.00. The van der Waals surface area contributed by atoms with Crippen LogP contribution in [0.5, 0.6) is 0 Å². The van der Waals surface area contributed by atoms with Crippen LogP contribution in [0.1, 0.15) is 38.9 Å². The van der Waals surface area contributed by atoms with Gasteiger partial charge >= 0.3 is 0 Å². The number of fused-ring (bicyclic) bond motifs is 1. The number of hydrogen-bond donors (Lipinski definition) is 0. The van der Waals surface area contributed by atoms with Gasteiger partial charge in [-0.2, -0.15) is 0 Å². The largest absolute Gasteiger partial charge is 0.341 e.